The molecule has 0 aliphatic heterocycles. The number of rotatable bonds is 5. The van der Waals surface area contributed by atoms with E-state index in [2.05, 4.69) is 31.2 Å². The van der Waals surface area contributed by atoms with E-state index in [-0.39, 0.29) is 5.78 Å². The largest absolute Gasteiger partial charge is 0.370 e. The summed E-state index contributed by atoms with van der Waals surface area (Å²) >= 11 is 0. The molecule has 1 fully saturated rings. The van der Waals surface area contributed by atoms with Crippen LogP contribution in [0, 0.1) is 0 Å². The SMILES string of the molecule is CCc1ccc(CC(=O)C2(OC)CCCCCC2)cc1. The van der Waals surface area contributed by atoms with Crippen LogP contribution in [0.15, 0.2) is 24.3 Å². The molecule has 1 aliphatic rings. The van der Waals surface area contributed by atoms with Crippen molar-refractivity contribution >= 4 is 5.78 Å². The van der Waals surface area contributed by atoms with Crippen molar-refractivity contribution in [3.63, 3.8) is 0 Å². The number of carbonyl (C=O) groups is 1. The van der Waals surface area contributed by atoms with Gasteiger partial charge in [-0.15, -0.1) is 0 Å². The van der Waals surface area contributed by atoms with Crippen LogP contribution < -0.4 is 0 Å². The molecule has 1 aromatic carbocycles. The fourth-order valence-electron chi connectivity index (χ4n) is 3.14. The van der Waals surface area contributed by atoms with Crippen LogP contribution in [-0.2, 0) is 22.4 Å². The molecule has 0 atom stereocenters. The van der Waals surface area contributed by atoms with Gasteiger partial charge in [-0.1, -0.05) is 56.9 Å². The molecule has 1 aliphatic carbocycles. The molecule has 110 valence electrons. The molecular formula is C18H26O2. The van der Waals surface area contributed by atoms with Crippen molar-refractivity contribution in [3.8, 4) is 0 Å². The molecular weight excluding hydrogens is 248 g/mol. The zero-order valence-corrected chi connectivity index (χ0v) is 12.8. The number of methoxy groups -OCH3 is 1. The molecule has 20 heavy (non-hydrogen) atoms. The lowest BCUT2D eigenvalue weighted by Crippen LogP contribution is -2.41. The number of carbonyl (C=O) groups excluding carboxylic acids is 1. The van der Waals surface area contributed by atoms with Crippen LogP contribution in [0.5, 0.6) is 0 Å². The Hall–Kier alpha value is -1.15. The van der Waals surface area contributed by atoms with Gasteiger partial charge in [0.1, 0.15) is 5.60 Å². The number of Topliss-reactive ketones (excluding diaryl/α,β-unsaturated/α-hetero) is 1. The van der Waals surface area contributed by atoms with Crippen molar-refractivity contribution in [3.05, 3.63) is 35.4 Å². The number of ketones is 1. The zero-order chi connectivity index (χ0) is 14.4. The molecule has 1 aromatic rings. The number of benzene rings is 1. The molecule has 0 aromatic heterocycles. The second-order valence-corrected chi connectivity index (χ2v) is 5.88. The van der Waals surface area contributed by atoms with E-state index in [4.69, 9.17) is 4.74 Å². The number of hydrogen-bond donors (Lipinski definition) is 0. The standard InChI is InChI=1S/C18H26O2/c1-3-15-8-10-16(11-9-15)14-17(19)18(20-2)12-6-4-5-7-13-18/h8-11H,3-7,12-14H2,1-2H3. The Balaban J connectivity index is 2.07. The summed E-state index contributed by atoms with van der Waals surface area (Å²) in [6.07, 6.45) is 7.97. The van der Waals surface area contributed by atoms with Crippen LogP contribution in [0.4, 0.5) is 0 Å². The maximum Gasteiger partial charge on any atom is 0.168 e. The van der Waals surface area contributed by atoms with Crippen molar-refractivity contribution in [2.45, 2.75) is 63.9 Å². The van der Waals surface area contributed by atoms with E-state index in [0.717, 1.165) is 37.7 Å². The molecule has 0 amide bonds. The third-order valence-electron chi connectivity index (χ3n) is 4.61. The topological polar surface area (TPSA) is 26.3 Å². The monoisotopic (exact) mass is 274 g/mol. The quantitative estimate of drug-likeness (QED) is 0.756. The first-order chi connectivity index (χ1) is 9.70. The van der Waals surface area contributed by atoms with E-state index in [1.807, 2.05) is 0 Å². The molecule has 0 unspecified atom stereocenters. The van der Waals surface area contributed by atoms with Crippen molar-refractivity contribution in [2.24, 2.45) is 0 Å². The smallest absolute Gasteiger partial charge is 0.168 e. The highest BCUT2D eigenvalue weighted by Crippen LogP contribution is 2.31. The second-order valence-electron chi connectivity index (χ2n) is 5.88. The zero-order valence-electron chi connectivity index (χ0n) is 12.8. The predicted molar refractivity (Wildman–Crippen MR) is 82.0 cm³/mol. The van der Waals surface area contributed by atoms with E-state index >= 15 is 0 Å². The summed E-state index contributed by atoms with van der Waals surface area (Å²) in [7, 11) is 1.70. The van der Waals surface area contributed by atoms with Crippen molar-refractivity contribution in [2.75, 3.05) is 7.11 Å². The number of hydrogen-bond acceptors (Lipinski definition) is 2. The van der Waals surface area contributed by atoms with Gasteiger partial charge in [-0.05, 0) is 30.4 Å². The number of ether oxygens (including phenoxy) is 1. The average molecular weight is 274 g/mol. The third kappa shape index (κ3) is 3.49. The van der Waals surface area contributed by atoms with Gasteiger partial charge in [-0.2, -0.15) is 0 Å². The minimum Gasteiger partial charge on any atom is -0.370 e. The van der Waals surface area contributed by atoms with Gasteiger partial charge in [0.2, 0.25) is 0 Å². The Bertz CT molecular complexity index is 425. The second kappa shape index (κ2) is 7.03. The molecule has 1 saturated carbocycles. The summed E-state index contributed by atoms with van der Waals surface area (Å²) in [6, 6.07) is 8.40. The fraction of sp³-hybridized carbons (Fsp3) is 0.611. The van der Waals surface area contributed by atoms with Crippen LogP contribution in [0.1, 0.15) is 56.6 Å². The summed E-state index contributed by atoms with van der Waals surface area (Å²) < 4.78 is 5.69. The third-order valence-corrected chi connectivity index (χ3v) is 4.61. The minimum atomic E-state index is -0.528. The van der Waals surface area contributed by atoms with Crippen LogP contribution in [0.25, 0.3) is 0 Å². The molecule has 0 N–H and O–H groups in total. The predicted octanol–water partition coefficient (Wildman–Crippen LogP) is 4.10. The van der Waals surface area contributed by atoms with Gasteiger partial charge < -0.3 is 4.74 Å². The van der Waals surface area contributed by atoms with Gasteiger partial charge in [0.25, 0.3) is 0 Å². The molecule has 0 heterocycles. The Morgan fingerprint density at radius 3 is 2.10 bits per heavy atom. The highest BCUT2D eigenvalue weighted by Gasteiger charge is 2.37. The van der Waals surface area contributed by atoms with Gasteiger partial charge in [0, 0.05) is 13.5 Å². The van der Waals surface area contributed by atoms with Crippen LogP contribution in [0.3, 0.4) is 0 Å². The van der Waals surface area contributed by atoms with Crippen LogP contribution in [0.2, 0.25) is 0 Å². The summed E-state index contributed by atoms with van der Waals surface area (Å²) in [5.74, 6) is 0.256. The Labute approximate surface area is 122 Å². The van der Waals surface area contributed by atoms with Gasteiger partial charge >= 0.3 is 0 Å². The van der Waals surface area contributed by atoms with Gasteiger partial charge in [0.15, 0.2) is 5.78 Å². The van der Waals surface area contributed by atoms with Gasteiger partial charge in [0.05, 0.1) is 0 Å². The fourth-order valence-corrected chi connectivity index (χ4v) is 3.14. The Kier molecular flexibility index (Phi) is 5.36. The first-order valence-corrected chi connectivity index (χ1v) is 7.86. The minimum absolute atomic E-state index is 0.256. The van der Waals surface area contributed by atoms with Crippen molar-refractivity contribution in [1.29, 1.82) is 0 Å². The normalized spacial score (nSPS) is 18.5. The Morgan fingerprint density at radius 2 is 1.60 bits per heavy atom. The van der Waals surface area contributed by atoms with Crippen molar-refractivity contribution < 1.29 is 9.53 Å². The van der Waals surface area contributed by atoms with Gasteiger partial charge in [-0.3, -0.25) is 4.79 Å². The molecule has 2 nitrogen and oxygen atoms in total. The lowest BCUT2D eigenvalue weighted by atomic mass is 9.86. The van der Waals surface area contributed by atoms with Crippen LogP contribution >= 0.6 is 0 Å². The summed E-state index contributed by atoms with van der Waals surface area (Å²) in [5.41, 5.74) is 1.89. The summed E-state index contributed by atoms with van der Waals surface area (Å²) in [5, 5.41) is 0. The Morgan fingerprint density at radius 1 is 1.05 bits per heavy atom. The maximum atomic E-state index is 12.7. The first kappa shape index (κ1) is 15.2. The maximum absolute atomic E-state index is 12.7. The molecule has 0 saturated heterocycles. The van der Waals surface area contributed by atoms with Crippen LogP contribution in [-0.4, -0.2) is 18.5 Å². The highest BCUT2D eigenvalue weighted by molar-refractivity contribution is 5.89. The summed E-state index contributed by atoms with van der Waals surface area (Å²) in [6.45, 7) is 2.14. The lowest BCUT2D eigenvalue weighted by Gasteiger charge is -2.29. The highest BCUT2D eigenvalue weighted by atomic mass is 16.5. The molecule has 0 bridgehead atoms. The van der Waals surface area contributed by atoms with E-state index in [1.54, 1.807) is 7.11 Å². The van der Waals surface area contributed by atoms with E-state index in [0.29, 0.717) is 6.42 Å². The lowest BCUT2D eigenvalue weighted by molar-refractivity contribution is -0.142. The molecule has 0 radical (unpaired) electrons. The molecule has 2 rings (SSSR count). The van der Waals surface area contributed by atoms with Gasteiger partial charge in [-0.25, -0.2) is 0 Å². The van der Waals surface area contributed by atoms with E-state index in [1.165, 1.54) is 18.4 Å². The average Bonchev–Trinajstić information content (AvgIpc) is 2.74. The molecule has 2 heteroatoms. The summed E-state index contributed by atoms with van der Waals surface area (Å²) in [4.78, 5) is 12.7. The molecule has 0 spiro atoms. The van der Waals surface area contributed by atoms with E-state index in [9.17, 15) is 4.79 Å². The van der Waals surface area contributed by atoms with Crippen molar-refractivity contribution in [1.82, 2.24) is 0 Å². The van der Waals surface area contributed by atoms with E-state index < -0.39 is 5.60 Å². The number of aryl methyl sites for hydroxylation is 1. The first-order valence-electron chi connectivity index (χ1n) is 7.86.